The zero-order valence-corrected chi connectivity index (χ0v) is 13.4. The van der Waals surface area contributed by atoms with E-state index in [-0.39, 0.29) is 0 Å². The predicted octanol–water partition coefficient (Wildman–Crippen LogP) is -0.186. The van der Waals surface area contributed by atoms with Crippen molar-refractivity contribution in [2.24, 2.45) is 0 Å². The number of nitrogens with one attached hydrogen (secondary N) is 3. The molecule has 0 aromatic heterocycles. The summed E-state index contributed by atoms with van der Waals surface area (Å²) in [6.07, 6.45) is 0. The third-order valence-electron chi connectivity index (χ3n) is 2.68. The molecule has 4 amide bonds. The van der Waals surface area contributed by atoms with Crippen LogP contribution in [0.2, 0.25) is 0 Å². The molecule has 1 aromatic rings. The minimum absolute atomic E-state index is 0.316. The van der Waals surface area contributed by atoms with Crippen molar-refractivity contribution in [2.45, 2.75) is 6.92 Å². The maximum Gasteiger partial charge on any atom is 0.325 e. The Morgan fingerprint density at radius 3 is 2.54 bits per heavy atom. The van der Waals surface area contributed by atoms with Crippen LogP contribution in [-0.4, -0.2) is 50.6 Å². The van der Waals surface area contributed by atoms with Gasteiger partial charge < -0.3 is 20.1 Å². The third-order valence-corrected chi connectivity index (χ3v) is 2.68. The fourth-order valence-corrected chi connectivity index (χ4v) is 1.58. The van der Waals surface area contributed by atoms with Crippen LogP contribution in [0.3, 0.4) is 0 Å². The van der Waals surface area contributed by atoms with Crippen molar-refractivity contribution in [3.8, 4) is 5.75 Å². The molecule has 9 heteroatoms. The number of ether oxygens (including phenoxy) is 2. The lowest BCUT2D eigenvalue weighted by molar-refractivity contribution is -0.147. The van der Waals surface area contributed by atoms with Crippen LogP contribution in [0.25, 0.3) is 0 Å². The van der Waals surface area contributed by atoms with Gasteiger partial charge >= 0.3 is 12.0 Å². The number of rotatable bonds is 7. The van der Waals surface area contributed by atoms with Gasteiger partial charge in [0.1, 0.15) is 12.3 Å². The minimum atomic E-state index is -0.808. The summed E-state index contributed by atoms with van der Waals surface area (Å²) >= 11 is 0. The van der Waals surface area contributed by atoms with E-state index < -0.39 is 37.0 Å². The molecule has 24 heavy (non-hydrogen) atoms. The van der Waals surface area contributed by atoms with E-state index in [9.17, 15) is 19.2 Å². The van der Waals surface area contributed by atoms with Crippen molar-refractivity contribution in [1.82, 2.24) is 16.0 Å². The summed E-state index contributed by atoms with van der Waals surface area (Å²) in [4.78, 5) is 45.7. The quantitative estimate of drug-likeness (QED) is 0.593. The first-order valence-electron chi connectivity index (χ1n) is 7.11. The highest BCUT2D eigenvalue weighted by Crippen LogP contribution is 2.12. The van der Waals surface area contributed by atoms with Crippen LogP contribution in [0.4, 0.5) is 4.79 Å². The van der Waals surface area contributed by atoms with E-state index in [0.29, 0.717) is 17.9 Å². The van der Waals surface area contributed by atoms with Crippen molar-refractivity contribution >= 4 is 23.8 Å². The summed E-state index contributed by atoms with van der Waals surface area (Å²) in [5, 5.41) is 6.68. The van der Waals surface area contributed by atoms with Gasteiger partial charge in [0.05, 0.1) is 7.11 Å². The minimum Gasteiger partial charge on any atom is -0.497 e. The SMILES string of the molecule is CCNC(=O)NC(=O)COC(=O)CNC(=O)c1cccc(OC)c1. The van der Waals surface area contributed by atoms with Crippen molar-refractivity contribution in [2.75, 3.05) is 26.8 Å². The van der Waals surface area contributed by atoms with Gasteiger partial charge in [-0.1, -0.05) is 6.07 Å². The lowest BCUT2D eigenvalue weighted by Gasteiger charge is -2.08. The molecule has 1 aromatic carbocycles. The molecular weight excluding hydrogens is 318 g/mol. The molecule has 0 aliphatic carbocycles. The number of methoxy groups -OCH3 is 1. The molecule has 0 saturated heterocycles. The molecule has 0 bridgehead atoms. The maximum absolute atomic E-state index is 11.9. The largest absolute Gasteiger partial charge is 0.497 e. The zero-order chi connectivity index (χ0) is 17.9. The number of urea groups is 1. The first-order valence-corrected chi connectivity index (χ1v) is 7.11. The van der Waals surface area contributed by atoms with E-state index in [1.54, 1.807) is 25.1 Å². The first kappa shape index (κ1) is 18.9. The van der Waals surface area contributed by atoms with Gasteiger partial charge in [-0.3, -0.25) is 19.7 Å². The average molecular weight is 337 g/mol. The summed E-state index contributed by atoms with van der Waals surface area (Å²) in [6.45, 7) is 1.01. The van der Waals surface area contributed by atoms with E-state index >= 15 is 0 Å². The third kappa shape index (κ3) is 6.77. The molecular formula is C15H19N3O6. The van der Waals surface area contributed by atoms with Crippen LogP contribution in [0, 0.1) is 0 Å². The Morgan fingerprint density at radius 1 is 1.12 bits per heavy atom. The van der Waals surface area contributed by atoms with Crippen molar-refractivity contribution in [1.29, 1.82) is 0 Å². The topological polar surface area (TPSA) is 123 Å². The lowest BCUT2D eigenvalue weighted by atomic mass is 10.2. The second-order valence-electron chi connectivity index (χ2n) is 4.48. The molecule has 3 N–H and O–H groups in total. The van der Waals surface area contributed by atoms with Crippen molar-refractivity contribution in [3.63, 3.8) is 0 Å². The Hall–Kier alpha value is -3.10. The number of carbonyl (C=O) groups is 4. The van der Waals surface area contributed by atoms with E-state index in [0.717, 1.165) is 0 Å². The van der Waals surface area contributed by atoms with Crippen LogP contribution < -0.4 is 20.7 Å². The van der Waals surface area contributed by atoms with Gasteiger partial charge in [0.15, 0.2) is 6.61 Å². The van der Waals surface area contributed by atoms with E-state index in [4.69, 9.17) is 4.74 Å². The Bertz CT molecular complexity index is 617. The Morgan fingerprint density at radius 2 is 1.88 bits per heavy atom. The number of imide groups is 1. The number of benzene rings is 1. The fraction of sp³-hybridized carbons (Fsp3) is 0.333. The zero-order valence-electron chi connectivity index (χ0n) is 13.4. The molecule has 0 unspecified atom stereocenters. The van der Waals surface area contributed by atoms with Crippen LogP contribution in [0.5, 0.6) is 5.75 Å². The van der Waals surface area contributed by atoms with Crippen LogP contribution in [0.1, 0.15) is 17.3 Å². The summed E-state index contributed by atoms with van der Waals surface area (Å²) < 4.78 is 9.64. The highest BCUT2D eigenvalue weighted by molar-refractivity contribution is 5.97. The van der Waals surface area contributed by atoms with Crippen molar-refractivity contribution in [3.05, 3.63) is 29.8 Å². The Labute approximate surface area is 138 Å². The maximum atomic E-state index is 11.9. The summed E-state index contributed by atoms with van der Waals surface area (Å²) in [5.41, 5.74) is 0.316. The van der Waals surface area contributed by atoms with E-state index in [2.05, 4.69) is 15.4 Å². The smallest absolute Gasteiger partial charge is 0.325 e. The van der Waals surface area contributed by atoms with Crippen molar-refractivity contribution < 1.29 is 28.7 Å². The standard InChI is InChI=1S/C15H19N3O6/c1-3-16-15(22)18-12(19)9-24-13(20)8-17-14(21)10-5-4-6-11(7-10)23-2/h4-7H,3,8-9H2,1-2H3,(H,17,21)(H2,16,18,19,22). The molecule has 0 radical (unpaired) electrons. The summed E-state index contributed by atoms with van der Waals surface area (Å²) in [6, 6.07) is 5.71. The van der Waals surface area contributed by atoms with Gasteiger partial charge in [0.25, 0.3) is 11.8 Å². The van der Waals surface area contributed by atoms with E-state index in [1.165, 1.54) is 13.2 Å². The van der Waals surface area contributed by atoms with Crippen LogP contribution in [0.15, 0.2) is 24.3 Å². The molecule has 0 aliphatic rings. The van der Waals surface area contributed by atoms with Gasteiger partial charge in [0, 0.05) is 12.1 Å². The van der Waals surface area contributed by atoms with Crippen LogP contribution in [-0.2, 0) is 14.3 Å². The molecule has 1 rings (SSSR count). The van der Waals surface area contributed by atoms with Gasteiger partial charge in [-0.25, -0.2) is 4.79 Å². The molecule has 0 fully saturated rings. The molecule has 0 spiro atoms. The Kier molecular flexibility index (Phi) is 7.76. The molecule has 130 valence electrons. The number of carbonyl (C=O) groups excluding carboxylic acids is 4. The number of hydrogen-bond acceptors (Lipinski definition) is 6. The normalized spacial score (nSPS) is 9.58. The molecule has 9 nitrogen and oxygen atoms in total. The van der Waals surface area contributed by atoms with Crippen LogP contribution >= 0.6 is 0 Å². The Balaban J connectivity index is 2.34. The number of amides is 4. The predicted molar refractivity (Wildman–Crippen MR) is 83.5 cm³/mol. The highest BCUT2D eigenvalue weighted by atomic mass is 16.5. The monoisotopic (exact) mass is 337 g/mol. The highest BCUT2D eigenvalue weighted by Gasteiger charge is 2.12. The van der Waals surface area contributed by atoms with Gasteiger partial charge in [-0.2, -0.15) is 0 Å². The molecule has 0 saturated carbocycles. The average Bonchev–Trinajstić information content (AvgIpc) is 2.58. The summed E-state index contributed by atoms with van der Waals surface area (Å²) in [7, 11) is 1.47. The number of esters is 1. The summed E-state index contributed by atoms with van der Waals surface area (Å²) in [5.74, 6) is -1.56. The van der Waals surface area contributed by atoms with Gasteiger partial charge in [-0.15, -0.1) is 0 Å². The molecule has 0 atom stereocenters. The van der Waals surface area contributed by atoms with E-state index in [1.807, 2.05) is 5.32 Å². The second kappa shape index (κ2) is 9.82. The fourth-order valence-electron chi connectivity index (χ4n) is 1.58. The number of hydrogen-bond donors (Lipinski definition) is 3. The van der Waals surface area contributed by atoms with Gasteiger partial charge in [-0.05, 0) is 25.1 Å². The lowest BCUT2D eigenvalue weighted by Crippen LogP contribution is -2.41. The first-order chi connectivity index (χ1) is 11.5. The van der Waals surface area contributed by atoms with Gasteiger partial charge in [0.2, 0.25) is 0 Å². The molecule has 0 aliphatic heterocycles. The second-order valence-corrected chi connectivity index (χ2v) is 4.48. The molecule has 0 heterocycles.